The highest BCUT2D eigenvalue weighted by Gasteiger charge is 2.37. The van der Waals surface area contributed by atoms with Gasteiger partial charge in [-0.05, 0) is 67.6 Å². The third-order valence-corrected chi connectivity index (χ3v) is 6.34. The van der Waals surface area contributed by atoms with Crippen LogP contribution in [0.1, 0.15) is 47.6 Å². The minimum atomic E-state index is 0.312. The van der Waals surface area contributed by atoms with Crippen LogP contribution in [0.25, 0.3) is 0 Å². The Labute approximate surface area is 184 Å². The fraction of sp³-hybridized carbons (Fsp3) is 0.250. The third kappa shape index (κ3) is 3.88. The number of nitrogens with one attached hydrogen (secondary N) is 1. The van der Waals surface area contributed by atoms with E-state index in [9.17, 15) is 0 Å². The molecule has 0 fully saturated rings. The molecule has 0 amide bonds. The van der Waals surface area contributed by atoms with Crippen molar-refractivity contribution in [1.29, 1.82) is 0 Å². The smallest absolute Gasteiger partial charge is 0.128 e. The van der Waals surface area contributed by atoms with E-state index in [1.807, 2.05) is 37.4 Å². The Bertz CT molecular complexity index is 1130. The van der Waals surface area contributed by atoms with Crippen molar-refractivity contribution in [3.05, 3.63) is 101 Å². The lowest BCUT2D eigenvalue weighted by molar-refractivity contribution is 0.340. The van der Waals surface area contributed by atoms with Crippen LogP contribution < -0.4 is 10.1 Å². The second kappa shape index (κ2) is 8.43. The van der Waals surface area contributed by atoms with Gasteiger partial charge in [-0.1, -0.05) is 54.1 Å². The quantitative estimate of drug-likeness (QED) is 0.365. The predicted octanol–water partition coefficient (Wildman–Crippen LogP) is 6.97. The zero-order valence-corrected chi connectivity index (χ0v) is 18.1. The molecule has 0 saturated carbocycles. The van der Waals surface area contributed by atoms with E-state index in [1.54, 1.807) is 0 Å². The minimum Gasteiger partial charge on any atom is -0.493 e. The number of para-hydroxylation sites is 1. The van der Waals surface area contributed by atoms with Crippen molar-refractivity contribution < 1.29 is 4.74 Å². The van der Waals surface area contributed by atoms with Crippen LogP contribution in [0.5, 0.6) is 5.75 Å². The van der Waals surface area contributed by atoms with E-state index in [4.69, 9.17) is 4.74 Å². The number of hydrogen-bond donors (Lipinski definition) is 1. The zero-order chi connectivity index (χ0) is 21.2. The Kier molecular flexibility index (Phi) is 5.33. The van der Waals surface area contributed by atoms with Gasteiger partial charge in [-0.2, -0.15) is 0 Å². The van der Waals surface area contributed by atoms with Gasteiger partial charge in [-0.15, -0.1) is 0 Å². The Hall–Kier alpha value is -3.33. The molecule has 1 N–H and O–H groups in total. The van der Waals surface area contributed by atoms with Crippen molar-refractivity contribution >= 4 is 17.6 Å². The van der Waals surface area contributed by atoms with Crippen LogP contribution in [0, 0.1) is 12.8 Å². The molecule has 0 aromatic heterocycles. The first-order valence-electron chi connectivity index (χ1n) is 11.1. The average molecular weight is 409 g/mol. The van der Waals surface area contributed by atoms with Gasteiger partial charge in [0, 0.05) is 23.4 Å². The van der Waals surface area contributed by atoms with Crippen LogP contribution >= 0.6 is 0 Å². The number of ether oxygens (including phenoxy) is 1. The number of anilines is 1. The first-order chi connectivity index (χ1) is 15.2. The summed E-state index contributed by atoms with van der Waals surface area (Å²) in [5.41, 5.74) is 7.28. The molecule has 0 radical (unpaired) electrons. The Morgan fingerprint density at radius 1 is 1.06 bits per heavy atom. The summed E-state index contributed by atoms with van der Waals surface area (Å²) < 4.78 is 5.69. The van der Waals surface area contributed by atoms with Crippen molar-refractivity contribution in [3.63, 3.8) is 0 Å². The summed E-state index contributed by atoms with van der Waals surface area (Å²) in [5, 5.41) is 3.82. The molecule has 156 valence electrons. The molecule has 1 aliphatic heterocycles. The molecular weight excluding hydrogens is 380 g/mol. The average Bonchev–Trinajstić information content (AvgIpc) is 3.29. The summed E-state index contributed by atoms with van der Waals surface area (Å²) in [6, 6.07) is 23.7. The van der Waals surface area contributed by atoms with Gasteiger partial charge in [0.2, 0.25) is 0 Å². The van der Waals surface area contributed by atoms with E-state index in [2.05, 4.69) is 71.8 Å². The van der Waals surface area contributed by atoms with Gasteiger partial charge in [0.05, 0.1) is 18.3 Å². The summed E-state index contributed by atoms with van der Waals surface area (Å²) in [5.74, 6) is 1.92. The monoisotopic (exact) mass is 408 g/mol. The first kappa shape index (κ1) is 19.6. The van der Waals surface area contributed by atoms with Crippen LogP contribution in [0.3, 0.4) is 0 Å². The number of hydrogen-bond acceptors (Lipinski definition) is 3. The molecule has 31 heavy (non-hydrogen) atoms. The molecule has 3 heteroatoms. The van der Waals surface area contributed by atoms with Gasteiger partial charge in [0.15, 0.2) is 0 Å². The molecule has 0 saturated heterocycles. The minimum absolute atomic E-state index is 0.312. The maximum absolute atomic E-state index is 5.69. The van der Waals surface area contributed by atoms with Gasteiger partial charge < -0.3 is 10.1 Å². The normalized spacial score (nSPS) is 21.5. The van der Waals surface area contributed by atoms with Crippen molar-refractivity contribution in [2.75, 3.05) is 11.9 Å². The number of allylic oxidation sites excluding steroid dienone is 2. The lowest BCUT2D eigenvalue weighted by Gasteiger charge is -2.37. The number of benzene rings is 3. The zero-order valence-electron chi connectivity index (χ0n) is 18.1. The van der Waals surface area contributed by atoms with Gasteiger partial charge in [-0.25, -0.2) is 0 Å². The van der Waals surface area contributed by atoms with Crippen molar-refractivity contribution in [1.82, 2.24) is 0 Å². The number of nitrogens with zero attached hydrogens (tertiary/aromatic N) is 1. The highest BCUT2D eigenvalue weighted by Crippen LogP contribution is 2.50. The summed E-state index contributed by atoms with van der Waals surface area (Å²) in [6.45, 7) is 4.82. The van der Waals surface area contributed by atoms with Crippen molar-refractivity contribution in [2.24, 2.45) is 10.9 Å². The van der Waals surface area contributed by atoms with Crippen LogP contribution in [0.4, 0.5) is 11.4 Å². The van der Waals surface area contributed by atoms with Gasteiger partial charge in [-0.3, -0.25) is 4.99 Å². The van der Waals surface area contributed by atoms with E-state index in [0.717, 1.165) is 23.4 Å². The maximum atomic E-state index is 5.69. The molecular formula is C28H28N2O. The molecule has 1 aliphatic carbocycles. The second-order valence-electron chi connectivity index (χ2n) is 8.39. The molecule has 1 heterocycles. The fourth-order valence-electron chi connectivity index (χ4n) is 4.83. The highest BCUT2D eigenvalue weighted by molar-refractivity contribution is 5.85. The molecule has 5 rings (SSSR count). The molecule has 0 bridgehead atoms. The standard InChI is InChI=1S/C28H28N2O/c1-3-31-27-10-5-4-7-21(27)18-29-22-14-12-20(13-15-22)28-24-9-6-8-23(24)25-17-19(2)11-16-26(25)30-28/h4-8,10-18,23-24,28,30H,3,9H2,1-2H3/t23-,24+,28-/m0/s1. The lowest BCUT2D eigenvalue weighted by Crippen LogP contribution is -2.29. The Morgan fingerprint density at radius 3 is 2.74 bits per heavy atom. The fourth-order valence-corrected chi connectivity index (χ4v) is 4.83. The molecule has 3 atom stereocenters. The van der Waals surface area contributed by atoms with Gasteiger partial charge in [0.1, 0.15) is 5.75 Å². The Morgan fingerprint density at radius 2 is 1.90 bits per heavy atom. The maximum Gasteiger partial charge on any atom is 0.128 e. The van der Waals surface area contributed by atoms with Crippen LogP contribution in [0.2, 0.25) is 0 Å². The van der Waals surface area contributed by atoms with E-state index in [0.29, 0.717) is 24.5 Å². The number of aryl methyl sites for hydroxylation is 1. The van der Waals surface area contributed by atoms with E-state index < -0.39 is 0 Å². The molecule has 3 aromatic carbocycles. The van der Waals surface area contributed by atoms with Gasteiger partial charge in [0.25, 0.3) is 0 Å². The van der Waals surface area contributed by atoms with E-state index >= 15 is 0 Å². The van der Waals surface area contributed by atoms with Crippen LogP contribution in [-0.4, -0.2) is 12.8 Å². The third-order valence-electron chi connectivity index (χ3n) is 6.34. The topological polar surface area (TPSA) is 33.6 Å². The number of aliphatic imine (C=N–C) groups is 1. The molecule has 0 unspecified atom stereocenters. The summed E-state index contributed by atoms with van der Waals surface area (Å²) >= 11 is 0. The summed E-state index contributed by atoms with van der Waals surface area (Å²) in [4.78, 5) is 4.68. The van der Waals surface area contributed by atoms with E-state index in [1.165, 1.54) is 22.4 Å². The molecule has 0 spiro atoms. The van der Waals surface area contributed by atoms with Crippen LogP contribution in [0.15, 0.2) is 83.9 Å². The second-order valence-corrected chi connectivity index (χ2v) is 8.39. The Balaban J connectivity index is 1.38. The predicted molar refractivity (Wildman–Crippen MR) is 129 cm³/mol. The largest absolute Gasteiger partial charge is 0.493 e. The summed E-state index contributed by atoms with van der Waals surface area (Å²) in [6.07, 6.45) is 7.74. The number of fused-ring (bicyclic) bond motifs is 3. The molecule has 2 aliphatic rings. The van der Waals surface area contributed by atoms with E-state index in [-0.39, 0.29) is 0 Å². The first-order valence-corrected chi connectivity index (χ1v) is 11.1. The number of rotatable bonds is 5. The molecule has 3 aromatic rings. The van der Waals surface area contributed by atoms with Gasteiger partial charge >= 0.3 is 0 Å². The summed E-state index contributed by atoms with van der Waals surface area (Å²) in [7, 11) is 0. The highest BCUT2D eigenvalue weighted by atomic mass is 16.5. The van der Waals surface area contributed by atoms with Crippen molar-refractivity contribution in [3.8, 4) is 5.75 Å². The van der Waals surface area contributed by atoms with Crippen molar-refractivity contribution in [2.45, 2.75) is 32.2 Å². The molecule has 3 nitrogen and oxygen atoms in total. The lowest BCUT2D eigenvalue weighted by atomic mass is 9.76. The SMILES string of the molecule is CCOc1ccccc1C=Nc1ccc([C@@H]2Nc3ccc(C)cc3[C@H]3C=CC[C@H]32)cc1. The van der Waals surface area contributed by atoms with Crippen LogP contribution in [-0.2, 0) is 0 Å².